The first-order valence-electron chi connectivity index (χ1n) is 1.49. The van der Waals surface area contributed by atoms with E-state index in [0.717, 1.165) is 0 Å². The molecule has 3 radical (unpaired) electrons. The second kappa shape index (κ2) is 5.35. The van der Waals surface area contributed by atoms with Crippen LogP contribution in [0.5, 0.6) is 0 Å². The Labute approximate surface area is 55.7 Å². The van der Waals surface area contributed by atoms with Gasteiger partial charge in [-0.3, -0.25) is 4.79 Å². The molecular formula is C3H6BiO2. The summed E-state index contributed by atoms with van der Waals surface area (Å²) in [5.74, 6) is -0.745. The summed E-state index contributed by atoms with van der Waals surface area (Å²) >= 11 is 0. The zero-order chi connectivity index (χ0) is 4.28. The minimum Gasteiger partial charge on any atom is -0.481 e. The zero-order valence-electron chi connectivity index (χ0n) is 3.51. The van der Waals surface area contributed by atoms with Gasteiger partial charge in [0.25, 0.3) is 0 Å². The molecule has 0 aromatic heterocycles. The summed E-state index contributed by atoms with van der Waals surface area (Å²) in [5, 5.41) is 7.72. The number of aliphatic carboxylic acids is 1. The average Bonchev–Trinajstić information content (AvgIpc) is 1.38. The number of carboxylic acid groups (broad SMARTS) is 1. The average molecular weight is 283 g/mol. The van der Waals surface area contributed by atoms with Crippen molar-refractivity contribution in [2.24, 2.45) is 0 Å². The second-order valence-electron chi connectivity index (χ2n) is 0.747. The Balaban J connectivity index is 0. The Hall–Kier alpha value is 0.353. The van der Waals surface area contributed by atoms with Crippen molar-refractivity contribution in [3.8, 4) is 0 Å². The van der Waals surface area contributed by atoms with Gasteiger partial charge in [0.2, 0.25) is 0 Å². The van der Waals surface area contributed by atoms with Gasteiger partial charge in [0.05, 0.1) is 0 Å². The molecule has 1 N–H and O–H groups in total. The van der Waals surface area contributed by atoms with E-state index in [1.165, 1.54) is 0 Å². The minimum absolute atomic E-state index is 0. The van der Waals surface area contributed by atoms with Crippen molar-refractivity contribution < 1.29 is 9.90 Å². The van der Waals surface area contributed by atoms with E-state index >= 15 is 0 Å². The summed E-state index contributed by atoms with van der Waals surface area (Å²) in [6.07, 6.45) is 0.222. The van der Waals surface area contributed by atoms with Crippen LogP contribution in [0.4, 0.5) is 0 Å². The van der Waals surface area contributed by atoms with E-state index in [2.05, 4.69) is 0 Å². The quantitative estimate of drug-likeness (QED) is 0.693. The molecule has 0 saturated heterocycles. The molecule has 0 heterocycles. The molecule has 0 bridgehead atoms. The maximum Gasteiger partial charge on any atom is 0.303 e. The van der Waals surface area contributed by atoms with E-state index in [-0.39, 0.29) is 32.6 Å². The number of hydrogen-bond donors (Lipinski definition) is 1. The number of carboxylic acids is 1. The fourth-order valence-electron chi connectivity index (χ4n) is 0. The van der Waals surface area contributed by atoms with Gasteiger partial charge in [-0.05, 0) is 0 Å². The van der Waals surface area contributed by atoms with Crippen molar-refractivity contribution in [2.75, 3.05) is 0 Å². The Bertz CT molecular complexity index is 44.1. The van der Waals surface area contributed by atoms with Crippen LogP contribution in [-0.2, 0) is 4.79 Å². The molecular weight excluding hydrogens is 277 g/mol. The van der Waals surface area contributed by atoms with Crippen LogP contribution < -0.4 is 0 Å². The molecule has 2 nitrogen and oxygen atoms in total. The Morgan fingerprint density at radius 3 is 2.00 bits per heavy atom. The summed E-state index contributed by atoms with van der Waals surface area (Å²) in [4.78, 5) is 9.37. The van der Waals surface area contributed by atoms with Crippen molar-refractivity contribution in [2.45, 2.75) is 13.3 Å². The van der Waals surface area contributed by atoms with Gasteiger partial charge in [-0.2, -0.15) is 0 Å². The summed E-state index contributed by atoms with van der Waals surface area (Å²) in [5.41, 5.74) is 0. The van der Waals surface area contributed by atoms with Gasteiger partial charge in [-0.15, -0.1) is 0 Å². The molecule has 0 fully saturated rings. The monoisotopic (exact) mass is 283 g/mol. The van der Waals surface area contributed by atoms with Crippen LogP contribution in [0.15, 0.2) is 0 Å². The summed E-state index contributed by atoms with van der Waals surface area (Å²) in [7, 11) is 0. The van der Waals surface area contributed by atoms with Gasteiger partial charge in [-0.25, -0.2) is 0 Å². The van der Waals surface area contributed by atoms with E-state index in [1.54, 1.807) is 6.92 Å². The zero-order valence-corrected chi connectivity index (χ0v) is 6.99. The van der Waals surface area contributed by atoms with Crippen molar-refractivity contribution in [3.63, 3.8) is 0 Å². The second-order valence-corrected chi connectivity index (χ2v) is 0.747. The third-order valence-corrected chi connectivity index (χ3v) is 0.302. The molecule has 0 rings (SSSR count). The fraction of sp³-hybridized carbons (Fsp3) is 0.667. The van der Waals surface area contributed by atoms with Crippen molar-refractivity contribution in [1.82, 2.24) is 0 Å². The Morgan fingerprint density at radius 2 is 2.00 bits per heavy atom. The smallest absolute Gasteiger partial charge is 0.303 e. The molecule has 35 valence electrons. The van der Waals surface area contributed by atoms with Crippen LogP contribution in [0, 0.1) is 0 Å². The first-order valence-corrected chi connectivity index (χ1v) is 1.49. The third kappa shape index (κ3) is 8.84. The van der Waals surface area contributed by atoms with Gasteiger partial charge in [0, 0.05) is 32.6 Å². The van der Waals surface area contributed by atoms with Crippen molar-refractivity contribution in [1.29, 1.82) is 0 Å². The Morgan fingerprint density at radius 1 is 1.83 bits per heavy atom. The van der Waals surface area contributed by atoms with E-state index in [0.29, 0.717) is 0 Å². The predicted octanol–water partition coefficient (Wildman–Crippen LogP) is 0.100. The first kappa shape index (κ1) is 9.61. The van der Waals surface area contributed by atoms with Crippen LogP contribution in [-0.4, -0.2) is 37.3 Å². The number of rotatable bonds is 1. The standard InChI is InChI=1S/C3H6O2.Bi/c1-2-3(4)5;/h2H2,1H3,(H,4,5);. The molecule has 0 aromatic rings. The summed E-state index contributed by atoms with van der Waals surface area (Å²) in [6, 6.07) is 0. The first-order chi connectivity index (χ1) is 2.27. The largest absolute Gasteiger partial charge is 0.481 e. The SMILES string of the molecule is CCC(=O)O.[Bi]. The maximum atomic E-state index is 9.37. The molecule has 6 heavy (non-hydrogen) atoms. The van der Waals surface area contributed by atoms with Crippen LogP contribution >= 0.6 is 0 Å². The van der Waals surface area contributed by atoms with Crippen LogP contribution in [0.2, 0.25) is 0 Å². The van der Waals surface area contributed by atoms with Crippen LogP contribution in [0.3, 0.4) is 0 Å². The molecule has 0 amide bonds. The molecule has 0 saturated carbocycles. The van der Waals surface area contributed by atoms with Crippen LogP contribution in [0.25, 0.3) is 0 Å². The molecule has 0 aliphatic rings. The molecule has 0 atom stereocenters. The third-order valence-electron chi connectivity index (χ3n) is 0.302. The van der Waals surface area contributed by atoms with Gasteiger partial charge in [0.1, 0.15) is 0 Å². The maximum absolute atomic E-state index is 9.37. The van der Waals surface area contributed by atoms with Crippen LogP contribution in [0.1, 0.15) is 13.3 Å². The molecule has 3 heteroatoms. The van der Waals surface area contributed by atoms with Gasteiger partial charge in [0.15, 0.2) is 0 Å². The fourth-order valence-corrected chi connectivity index (χ4v) is 0. The molecule has 0 aromatic carbocycles. The summed E-state index contributed by atoms with van der Waals surface area (Å²) < 4.78 is 0. The van der Waals surface area contributed by atoms with Gasteiger partial charge < -0.3 is 5.11 Å². The molecule has 0 aliphatic heterocycles. The van der Waals surface area contributed by atoms with E-state index < -0.39 is 5.97 Å². The van der Waals surface area contributed by atoms with Crippen molar-refractivity contribution >= 4 is 32.2 Å². The normalized spacial score (nSPS) is 6.17. The van der Waals surface area contributed by atoms with Gasteiger partial charge in [-0.1, -0.05) is 6.92 Å². The molecule has 0 aliphatic carbocycles. The van der Waals surface area contributed by atoms with E-state index in [9.17, 15) is 4.79 Å². The predicted molar refractivity (Wildman–Crippen MR) is 23.7 cm³/mol. The van der Waals surface area contributed by atoms with Gasteiger partial charge >= 0.3 is 5.97 Å². The molecule has 0 spiro atoms. The number of hydrogen-bond acceptors (Lipinski definition) is 1. The van der Waals surface area contributed by atoms with E-state index in [4.69, 9.17) is 5.11 Å². The van der Waals surface area contributed by atoms with Crippen molar-refractivity contribution in [3.05, 3.63) is 0 Å². The molecule has 0 unspecified atom stereocenters. The summed E-state index contributed by atoms with van der Waals surface area (Å²) in [6.45, 7) is 1.60. The van der Waals surface area contributed by atoms with E-state index in [1.807, 2.05) is 0 Å². The Kier molecular flexibility index (Phi) is 8.57. The topological polar surface area (TPSA) is 37.3 Å². The number of carbonyl (C=O) groups is 1. The minimum atomic E-state index is -0.745.